The van der Waals surface area contributed by atoms with E-state index in [4.69, 9.17) is 15.0 Å². The van der Waals surface area contributed by atoms with Crippen molar-refractivity contribution in [3.05, 3.63) is 35.5 Å². The largest absolute Gasteiger partial charge is 0.341 e. The molecule has 2 aromatic heterocycles. The van der Waals surface area contributed by atoms with Crippen LogP contribution < -0.4 is 20.0 Å². The lowest BCUT2D eigenvalue weighted by Gasteiger charge is -2.35. The molecule has 0 unspecified atom stereocenters. The van der Waals surface area contributed by atoms with Crippen LogP contribution in [0.2, 0.25) is 0 Å². The van der Waals surface area contributed by atoms with Crippen molar-refractivity contribution in [2.75, 3.05) is 72.4 Å². The average molecular weight is 524 g/mol. The van der Waals surface area contributed by atoms with Crippen LogP contribution in [0.3, 0.4) is 0 Å². The molecule has 37 heavy (non-hydrogen) atoms. The van der Waals surface area contributed by atoms with Gasteiger partial charge in [0.25, 0.3) is 0 Å². The number of piperazine rings is 1. The Labute approximate surface area is 219 Å². The number of thiazole rings is 1. The van der Waals surface area contributed by atoms with Gasteiger partial charge < -0.3 is 19.6 Å². The van der Waals surface area contributed by atoms with Crippen molar-refractivity contribution in [1.29, 1.82) is 0 Å². The van der Waals surface area contributed by atoms with E-state index in [0.29, 0.717) is 43.0 Å². The number of aromatic nitrogens is 4. The molecule has 0 radical (unpaired) electrons. The fourth-order valence-electron chi connectivity index (χ4n) is 4.97. The highest BCUT2D eigenvalue weighted by Gasteiger charge is 2.27. The summed E-state index contributed by atoms with van der Waals surface area (Å²) in [7, 11) is 0. The van der Waals surface area contributed by atoms with Gasteiger partial charge in [0.2, 0.25) is 17.8 Å². The minimum atomic E-state index is -0.289. The first kappa shape index (κ1) is 23.8. The van der Waals surface area contributed by atoms with E-state index >= 15 is 0 Å². The number of halogens is 1. The molecule has 12 heteroatoms. The van der Waals surface area contributed by atoms with Gasteiger partial charge in [0.15, 0.2) is 5.13 Å². The Morgan fingerprint density at radius 2 is 1.24 bits per heavy atom. The second kappa shape index (κ2) is 10.4. The van der Waals surface area contributed by atoms with Crippen molar-refractivity contribution in [2.45, 2.75) is 25.7 Å². The number of carbonyl (C=O) groups excluding carboxylic acids is 1. The number of urea groups is 1. The predicted octanol–water partition coefficient (Wildman–Crippen LogP) is 3.69. The average Bonchev–Trinajstić information content (AvgIpc) is 3.72. The number of carbonyl (C=O) groups is 1. The van der Waals surface area contributed by atoms with Gasteiger partial charge >= 0.3 is 6.03 Å². The minimum Gasteiger partial charge on any atom is -0.341 e. The van der Waals surface area contributed by atoms with E-state index in [1.165, 1.54) is 49.2 Å². The minimum absolute atomic E-state index is 0.175. The van der Waals surface area contributed by atoms with Crippen LogP contribution in [0, 0.1) is 5.82 Å². The molecule has 3 saturated heterocycles. The maximum absolute atomic E-state index is 13.2. The Bertz CT molecular complexity index is 1200. The molecule has 6 rings (SSSR count). The molecule has 5 heterocycles. The van der Waals surface area contributed by atoms with Crippen molar-refractivity contribution < 1.29 is 9.18 Å². The molecular weight excluding hydrogens is 493 g/mol. The van der Waals surface area contributed by atoms with Crippen molar-refractivity contribution >= 4 is 40.3 Å². The van der Waals surface area contributed by atoms with Gasteiger partial charge in [-0.1, -0.05) is 0 Å². The summed E-state index contributed by atoms with van der Waals surface area (Å²) >= 11 is 1.36. The van der Waals surface area contributed by atoms with E-state index in [-0.39, 0.29) is 11.8 Å². The van der Waals surface area contributed by atoms with Crippen LogP contribution in [-0.2, 0) is 0 Å². The first-order valence-electron chi connectivity index (χ1n) is 12.9. The molecule has 3 aromatic rings. The summed E-state index contributed by atoms with van der Waals surface area (Å²) in [5.41, 5.74) is 1.52. The third kappa shape index (κ3) is 5.29. The third-order valence-corrected chi connectivity index (χ3v) is 7.84. The number of hydrogen-bond acceptors (Lipinski definition) is 9. The van der Waals surface area contributed by atoms with Crippen molar-refractivity contribution in [3.8, 4) is 11.3 Å². The van der Waals surface area contributed by atoms with Crippen LogP contribution in [-0.4, -0.2) is 83.2 Å². The highest BCUT2D eigenvalue weighted by atomic mass is 32.1. The highest BCUT2D eigenvalue weighted by molar-refractivity contribution is 7.14. The molecule has 3 aliphatic rings. The van der Waals surface area contributed by atoms with Gasteiger partial charge in [-0.25, -0.2) is 14.2 Å². The van der Waals surface area contributed by atoms with Gasteiger partial charge in [-0.2, -0.15) is 15.0 Å². The summed E-state index contributed by atoms with van der Waals surface area (Å²) in [6.07, 6.45) is 4.66. The Balaban J connectivity index is 1.10. The maximum atomic E-state index is 13.2. The van der Waals surface area contributed by atoms with Crippen LogP contribution in [0.4, 0.5) is 32.2 Å². The number of anilines is 4. The van der Waals surface area contributed by atoms with E-state index < -0.39 is 0 Å². The number of nitrogens with zero attached hydrogens (tertiary/aromatic N) is 8. The summed E-state index contributed by atoms with van der Waals surface area (Å²) in [6.45, 7) is 6.35. The number of rotatable bonds is 5. The van der Waals surface area contributed by atoms with Crippen LogP contribution >= 0.6 is 11.3 Å². The molecule has 1 aromatic carbocycles. The third-order valence-electron chi connectivity index (χ3n) is 7.09. The molecule has 194 valence electrons. The molecule has 0 atom stereocenters. The first-order chi connectivity index (χ1) is 18.1. The molecule has 0 bridgehead atoms. The Kier molecular flexibility index (Phi) is 6.73. The summed E-state index contributed by atoms with van der Waals surface area (Å²) in [5, 5.41) is 5.29. The van der Waals surface area contributed by atoms with Gasteiger partial charge in [0.05, 0.1) is 5.69 Å². The SMILES string of the molecule is O=C(Nc1nc(-c2ccc(F)cc2)cs1)N1CCN(c2nc(N3CCCC3)nc(N3CCCC3)n2)CC1. The van der Waals surface area contributed by atoms with Crippen molar-refractivity contribution in [2.24, 2.45) is 0 Å². The molecule has 0 aliphatic carbocycles. The predicted molar refractivity (Wildman–Crippen MR) is 143 cm³/mol. The monoisotopic (exact) mass is 523 g/mol. The van der Waals surface area contributed by atoms with Gasteiger partial charge in [-0.05, 0) is 49.9 Å². The number of nitrogens with one attached hydrogen (secondary N) is 1. The summed E-state index contributed by atoms with van der Waals surface area (Å²) in [6, 6.07) is 6.00. The topological polar surface area (TPSA) is 93.6 Å². The van der Waals surface area contributed by atoms with Crippen LogP contribution in [0.15, 0.2) is 29.6 Å². The number of hydrogen-bond donors (Lipinski definition) is 1. The zero-order chi connectivity index (χ0) is 25.2. The van der Waals surface area contributed by atoms with Gasteiger partial charge in [-0.15, -0.1) is 11.3 Å². The van der Waals surface area contributed by atoms with E-state index in [9.17, 15) is 9.18 Å². The molecule has 3 aliphatic heterocycles. The molecule has 0 saturated carbocycles. The van der Waals surface area contributed by atoms with Gasteiger partial charge in [0.1, 0.15) is 5.82 Å². The van der Waals surface area contributed by atoms with E-state index in [1.807, 2.05) is 5.38 Å². The Morgan fingerprint density at radius 1 is 0.730 bits per heavy atom. The molecule has 3 fully saturated rings. The number of benzene rings is 1. The molecule has 2 amide bonds. The molecule has 0 spiro atoms. The lowest BCUT2D eigenvalue weighted by Crippen LogP contribution is -2.50. The summed E-state index contributed by atoms with van der Waals surface area (Å²) in [5.74, 6) is 1.95. The van der Waals surface area contributed by atoms with Crippen LogP contribution in [0.5, 0.6) is 0 Å². The standard InChI is InChI=1S/C25H30FN9OS/c26-19-7-5-18(6-8-19)20-17-37-24(27-20)31-25(36)35-15-13-34(14-16-35)23-29-21(32-9-1-2-10-32)28-22(30-23)33-11-3-4-12-33/h5-8,17H,1-4,9-16H2,(H,27,31,36). The lowest BCUT2D eigenvalue weighted by atomic mass is 10.2. The highest BCUT2D eigenvalue weighted by Crippen LogP contribution is 2.27. The smallest absolute Gasteiger partial charge is 0.323 e. The molecular formula is C25H30FN9OS. The van der Waals surface area contributed by atoms with Crippen LogP contribution in [0.1, 0.15) is 25.7 Å². The van der Waals surface area contributed by atoms with E-state index in [0.717, 1.165) is 43.6 Å². The molecule has 1 N–H and O–H groups in total. The second-order valence-corrected chi connectivity index (χ2v) is 10.4. The zero-order valence-corrected chi connectivity index (χ0v) is 21.5. The second-order valence-electron chi connectivity index (χ2n) is 9.57. The van der Waals surface area contributed by atoms with Crippen LogP contribution in [0.25, 0.3) is 11.3 Å². The Morgan fingerprint density at radius 3 is 1.78 bits per heavy atom. The van der Waals surface area contributed by atoms with Crippen molar-refractivity contribution in [1.82, 2.24) is 24.8 Å². The van der Waals surface area contributed by atoms with Gasteiger partial charge in [0, 0.05) is 63.3 Å². The fourth-order valence-corrected chi connectivity index (χ4v) is 5.68. The maximum Gasteiger partial charge on any atom is 0.323 e. The first-order valence-corrected chi connectivity index (χ1v) is 13.8. The number of amides is 2. The van der Waals surface area contributed by atoms with E-state index in [1.54, 1.807) is 17.0 Å². The van der Waals surface area contributed by atoms with Crippen molar-refractivity contribution in [3.63, 3.8) is 0 Å². The molecule has 10 nitrogen and oxygen atoms in total. The summed E-state index contributed by atoms with van der Waals surface area (Å²) < 4.78 is 13.2. The Hall–Kier alpha value is -3.54. The van der Waals surface area contributed by atoms with E-state index in [2.05, 4.69) is 25.0 Å². The lowest BCUT2D eigenvalue weighted by molar-refractivity contribution is 0.208. The summed E-state index contributed by atoms with van der Waals surface area (Å²) in [4.78, 5) is 40.3. The fraction of sp³-hybridized carbons (Fsp3) is 0.480. The zero-order valence-electron chi connectivity index (χ0n) is 20.6. The quantitative estimate of drug-likeness (QED) is 0.541. The normalized spacial score (nSPS) is 18.1. The van der Waals surface area contributed by atoms with Gasteiger partial charge in [-0.3, -0.25) is 5.32 Å².